The minimum absolute atomic E-state index is 0.00767. The average Bonchev–Trinajstić information content (AvgIpc) is 2.57. The summed E-state index contributed by atoms with van der Waals surface area (Å²) < 4.78 is 2.10. The zero-order valence-corrected chi connectivity index (χ0v) is 9.20. The zero-order chi connectivity index (χ0) is 10.8. The van der Waals surface area contributed by atoms with Crippen molar-refractivity contribution >= 4 is 11.0 Å². The van der Waals surface area contributed by atoms with Gasteiger partial charge in [0.15, 0.2) is 0 Å². The van der Waals surface area contributed by atoms with Crippen LogP contribution < -0.4 is 0 Å². The normalized spacial score (nSPS) is 11.1. The maximum atomic E-state index is 9.23. The summed E-state index contributed by atoms with van der Waals surface area (Å²) in [4.78, 5) is 4.40. The molecule has 0 amide bonds. The molecule has 0 fully saturated rings. The quantitative estimate of drug-likeness (QED) is 0.832. The molecule has 1 N–H and O–H groups in total. The van der Waals surface area contributed by atoms with Crippen molar-refractivity contribution in [2.45, 2.75) is 33.4 Å². The van der Waals surface area contributed by atoms with Crippen LogP contribution >= 0.6 is 0 Å². The number of hydrogen-bond acceptors (Lipinski definition) is 2. The van der Waals surface area contributed by atoms with Gasteiger partial charge in [-0.25, -0.2) is 4.98 Å². The molecule has 15 heavy (non-hydrogen) atoms. The monoisotopic (exact) mass is 204 g/mol. The Morgan fingerprint density at radius 1 is 1.40 bits per heavy atom. The van der Waals surface area contributed by atoms with Crippen molar-refractivity contribution in [1.82, 2.24) is 9.55 Å². The lowest BCUT2D eigenvalue weighted by Crippen LogP contribution is -2.02. The maximum Gasteiger partial charge on any atom is 0.135 e. The summed E-state index contributed by atoms with van der Waals surface area (Å²) in [5.41, 5.74) is 3.32. The molecule has 0 saturated heterocycles. The SMILES string of the molecule is CCCn1c(CO)nc2ccc(C)cc21. The Balaban J connectivity index is 2.65. The lowest BCUT2D eigenvalue weighted by molar-refractivity contribution is 0.265. The minimum atomic E-state index is 0.00767. The molecule has 0 unspecified atom stereocenters. The van der Waals surface area contributed by atoms with Crippen LogP contribution in [0.15, 0.2) is 18.2 Å². The lowest BCUT2D eigenvalue weighted by Gasteiger charge is -2.05. The first-order valence-corrected chi connectivity index (χ1v) is 5.33. The molecule has 0 radical (unpaired) electrons. The van der Waals surface area contributed by atoms with E-state index in [1.165, 1.54) is 5.56 Å². The van der Waals surface area contributed by atoms with Crippen molar-refractivity contribution in [2.75, 3.05) is 0 Å². The van der Waals surface area contributed by atoms with Gasteiger partial charge in [0, 0.05) is 6.54 Å². The van der Waals surface area contributed by atoms with E-state index in [0.29, 0.717) is 0 Å². The number of aliphatic hydroxyl groups is 1. The van der Waals surface area contributed by atoms with Gasteiger partial charge >= 0.3 is 0 Å². The molecule has 0 saturated carbocycles. The predicted molar refractivity (Wildman–Crippen MR) is 60.7 cm³/mol. The Hall–Kier alpha value is -1.35. The van der Waals surface area contributed by atoms with Gasteiger partial charge in [0.1, 0.15) is 12.4 Å². The fourth-order valence-electron chi connectivity index (χ4n) is 1.88. The Morgan fingerprint density at radius 2 is 2.20 bits per heavy atom. The van der Waals surface area contributed by atoms with E-state index in [2.05, 4.69) is 29.5 Å². The smallest absolute Gasteiger partial charge is 0.135 e. The summed E-state index contributed by atoms with van der Waals surface area (Å²) in [6.07, 6.45) is 1.05. The molecule has 0 bridgehead atoms. The van der Waals surface area contributed by atoms with Crippen LogP contribution in [0.5, 0.6) is 0 Å². The van der Waals surface area contributed by atoms with E-state index in [0.717, 1.165) is 29.8 Å². The van der Waals surface area contributed by atoms with E-state index < -0.39 is 0 Å². The molecule has 0 aliphatic heterocycles. The third kappa shape index (κ3) is 1.75. The van der Waals surface area contributed by atoms with E-state index in [4.69, 9.17) is 0 Å². The molecule has 3 nitrogen and oxygen atoms in total. The summed E-state index contributed by atoms with van der Waals surface area (Å²) in [5, 5.41) is 9.23. The molecule has 0 spiro atoms. The summed E-state index contributed by atoms with van der Waals surface area (Å²) >= 11 is 0. The first-order chi connectivity index (χ1) is 7.26. The summed E-state index contributed by atoms with van der Waals surface area (Å²) in [5.74, 6) is 0.762. The molecule has 3 heteroatoms. The van der Waals surface area contributed by atoms with Crippen molar-refractivity contribution in [1.29, 1.82) is 0 Å². The standard InChI is InChI=1S/C12H16N2O/c1-3-6-14-11-7-9(2)4-5-10(11)13-12(14)8-15/h4-5,7,15H,3,6,8H2,1-2H3. The Labute approximate surface area is 89.4 Å². The molecule has 1 heterocycles. The largest absolute Gasteiger partial charge is 0.388 e. The second-order valence-electron chi connectivity index (χ2n) is 3.83. The van der Waals surface area contributed by atoms with Crippen LogP contribution in [0.25, 0.3) is 11.0 Å². The van der Waals surface area contributed by atoms with Gasteiger partial charge in [-0.05, 0) is 31.0 Å². The highest BCUT2D eigenvalue weighted by Gasteiger charge is 2.08. The van der Waals surface area contributed by atoms with Crippen molar-refractivity contribution in [3.05, 3.63) is 29.6 Å². The molecule has 1 aromatic carbocycles. The number of aryl methyl sites for hydroxylation is 2. The highest BCUT2D eigenvalue weighted by Crippen LogP contribution is 2.18. The third-order valence-corrected chi connectivity index (χ3v) is 2.57. The molecule has 0 atom stereocenters. The first-order valence-electron chi connectivity index (χ1n) is 5.33. The van der Waals surface area contributed by atoms with Gasteiger partial charge in [-0.15, -0.1) is 0 Å². The first kappa shape index (κ1) is 10.2. The number of rotatable bonds is 3. The zero-order valence-electron chi connectivity index (χ0n) is 9.20. The van der Waals surface area contributed by atoms with Crippen LogP contribution in [0.3, 0.4) is 0 Å². The van der Waals surface area contributed by atoms with Crippen molar-refractivity contribution < 1.29 is 5.11 Å². The molecule has 2 rings (SSSR count). The number of hydrogen-bond donors (Lipinski definition) is 1. The van der Waals surface area contributed by atoms with Crippen molar-refractivity contribution in [3.8, 4) is 0 Å². The van der Waals surface area contributed by atoms with Crippen molar-refractivity contribution in [3.63, 3.8) is 0 Å². The van der Waals surface area contributed by atoms with Gasteiger partial charge in [0.25, 0.3) is 0 Å². The molecule has 0 aliphatic rings. The number of benzene rings is 1. The Kier molecular flexibility index (Phi) is 2.73. The fraction of sp³-hybridized carbons (Fsp3) is 0.417. The summed E-state index contributed by atoms with van der Waals surface area (Å²) in [6.45, 7) is 5.12. The van der Waals surface area contributed by atoms with Crippen LogP contribution in [-0.4, -0.2) is 14.7 Å². The van der Waals surface area contributed by atoms with Gasteiger partial charge in [-0.2, -0.15) is 0 Å². The highest BCUT2D eigenvalue weighted by molar-refractivity contribution is 5.76. The molecule has 80 valence electrons. The van der Waals surface area contributed by atoms with Gasteiger partial charge in [0.2, 0.25) is 0 Å². The van der Waals surface area contributed by atoms with Gasteiger partial charge in [-0.3, -0.25) is 0 Å². The van der Waals surface area contributed by atoms with E-state index in [-0.39, 0.29) is 6.61 Å². The molecule has 1 aromatic heterocycles. The molecular weight excluding hydrogens is 188 g/mol. The lowest BCUT2D eigenvalue weighted by atomic mass is 10.2. The number of aliphatic hydroxyl groups excluding tert-OH is 1. The number of nitrogens with zero attached hydrogens (tertiary/aromatic N) is 2. The van der Waals surface area contributed by atoms with E-state index in [1.807, 2.05) is 12.1 Å². The van der Waals surface area contributed by atoms with Crippen LogP contribution in [0, 0.1) is 6.92 Å². The molecule has 2 aromatic rings. The van der Waals surface area contributed by atoms with E-state index >= 15 is 0 Å². The number of imidazole rings is 1. The Bertz CT molecular complexity index is 474. The topological polar surface area (TPSA) is 38.0 Å². The second kappa shape index (κ2) is 4.03. The third-order valence-electron chi connectivity index (χ3n) is 2.57. The van der Waals surface area contributed by atoms with E-state index in [1.54, 1.807) is 0 Å². The Morgan fingerprint density at radius 3 is 2.87 bits per heavy atom. The van der Waals surface area contributed by atoms with Crippen molar-refractivity contribution in [2.24, 2.45) is 0 Å². The number of aromatic nitrogens is 2. The average molecular weight is 204 g/mol. The number of fused-ring (bicyclic) bond motifs is 1. The predicted octanol–water partition coefficient (Wildman–Crippen LogP) is 2.25. The van der Waals surface area contributed by atoms with Crippen LogP contribution in [0.1, 0.15) is 24.7 Å². The van der Waals surface area contributed by atoms with Gasteiger partial charge in [-0.1, -0.05) is 13.0 Å². The van der Waals surface area contributed by atoms with Crippen LogP contribution in [0.2, 0.25) is 0 Å². The highest BCUT2D eigenvalue weighted by atomic mass is 16.3. The second-order valence-corrected chi connectivity index (χ2v) is 3.83. The summed E-state index contributed by atoms with van der Waals surface area (Å²) in [7, 11) is 0. The molecular formula is C12H16N2O. The van der Waals surface area contributed by atoms with E-state index in [9.17, 15) is 5.11 Å². The van der Waals surface area contributed by atoms with Crippen LogP contribution in [-0.2, 0) is 13.2 Å². The molecule has 0 aliphatic carbocycles. The fourth-order valence-corrected chi connectivity index (χ4v) is 1.88. The van der Waals surface area contributed by atoms with Gasteiger partial charge in [0.05, 0.1) is 11.0 Å². The van der Waals surface area contributed by atoms with Crippen LogP contribution in [0.4, 0.5) is 0 Å². The minimum Gasteiger partial charge on any atom is -0.388 e. The van der Waals surface area contributed by atoms with Gasteiger partial charge < -0.3 is 9.67 Å². The maximum absolute atomic E-state index is 9.23. The summed E-state index contributed by atoms with van der Waals surface area (Å²) in [6, 6.07) is 6.18.